The summed E-state index contributed by atoms with van der Waals surface area (Å²) in [6.45, 7) is 1.10. The fourth-order valence-electron chi connectivity index (χ4n) is 2.56. The average Bonchev–Trinajstić information content (AvgIpc) is 2.40. The molecule has 0 radical (unpaired) electrons. The number of aromatic nitrogens is 1. The number of aliphatic hydroxyl groups excluding tert-OH is 1. The molecule has 0 aromatic carbocycles. The van der Waals surface area contributed by atoms with Gasteiger partial charge in [0.25, 0.3) is 0 Å². The van der Waals surface area contributed by atoms with Crippen molar-refractivity contribution in [2.24, 2.45) is 5.73 Å². The third-order valence-corrected chi connectivity index (χ3v) is 3.44. The lowest BCUT2D eigenvalue weighted by molar-refractivity contribution is 0.262. The van der Waals surface area contributed by atoms with Gasteiger partial charge in [0.15, 0.2) is 0 Å². The van der Waals surface area contributed by atoms with Gasteiger partial charge in [-0.15, -0.1) is 12.4 Å². The van der Waals surface area contributed by atoms with Crippen molar-refractivity contribution in [3.63, 3.8) is 0 Å². The second kappa shape index (κ2) is 7.31. The smallest absolute Gasteiger partial charge is 0.139 e. The molecule has 0 spiro atoms. The summed E-state index contributed by atoms with van der Waals surface area (Å²) in [6, 6.07) is 3.93. The Balaban J connectivity index is 0.00000180. The molecule has 1 fully saturated rings. The van der Waals surface area contributed by atoms with Gasteiger partial charge in [0.1, 0.15) is 11.7 Å². The van der Waals surface area contributed by atoms with E-state index in [0.717, 1.165) is 31.6 Å². The van der Waals surface area contributed by atoms with Gasteiger partial charge in [-0.1, -0.05) is 0 Å². The van der Waals surface area contributed by atoms with Gasteiger partial charge in [-0.25, -0.2) is 4.98 Å². The van der Waals surface area contributed by atoms with Crippen LogP contribution in [-0.2, 0) is 0 Å². The fourth-order valence-corrected chi connectivity index (χ4v) is 2.56. The minimum atomic E-state index is 0. The van der Waals surface area contributed by atoms with Crippen molar-refractivity contribution in [2.45, 2.75) is 31.7 Å². The molecule has 1 aliphatic rings. The number of pyridine rings is 1. The standard InChI is InChI=1S/C13H20N4O.ClH/c14-12(15)11-5-3-7-16-13(11)17-8-2-1-4-10(17)6-9-18;/h3,5,7,10,18H,1-2,4,6,8-9H2,(H3,14,15);1H. The number of rotatable bonds is 4. The summed E-state index contributed by atoms with van der Waals surface area (Å²) in [5.41, 5.74) is 6.29. The minimum absolute atomic E-state index is 0. The molecule has 4 N–H and O–H groups in total. The van der Waals surface area contributed by atoms with E-state index in [0.29, 0.717) is 11.6 Å². The quantitative estimate of drug-likeness (QED) is 0.578. The highest BCUT2D eigenvalue weighted by Crippen LogP contribution is 2.27. The van der Waals surface area contributed by atoms with Crippen LogP contribution in [0.1, 0.15) is 31.2 Å². The van der Waals surface area contributed by atoms with Crippen LogP contribution in [0, 0.1) is 5.41 Å². The molecule has 1 unspecified atom stereocenters. The van der Waals surface area contributed by atoms with Crippen LogP contribution in [0.15, 0.2) is 18.3 Å². The largest absolute Gasteiger partial charge is 0.396 e. The Morgan fingerprint density at radius 1 is 1.53 bits per heavy atom. The van der Waals surface area contributed by atoms with E-state index in [9.17, 15) is 0 Å². The maximum absolute atomic E-state index is 9.15. The van der Waals surface area contributed by atoms with Crippen LogP contribution in [0.2, 0.25) is 0 Å². The number of aliphatic hydroxyl groups is 1. The van der Waals surface area contributed by atoms with Crippen LogP contribution in [0.4, 0.5) is 5.82 Å². The van der Waals surface area contributed by atoms with Crippen LogP contribution in [-0.4, -0.2) is 35.1 Å². The number of nitrogens with zero attached hydrogens (tertiary/aromatic N) is 2. The number of nitrogens with one attached hydrogen (secondary N) is 1. The molecule has 19 heavy (non-hydrogen) atoms. The van der Waals surface area contributed by atoms with Crippen LogP contribution in [0.25, 0.3) is 0 Å². The first-order valence-electron chi connectivity index (χ1n) is 6.41. The molecule has 6 heteroatoms. The number of piperidine rings is 1. The zero-order valence-electron chi connectivity index (χ0n) is 10.9. The summed E-state index contributed by atoms with van der Waals surface area (Å²) < 4.78 is 0. The number of halogens is 1. The highest BCUT2D eigenvalue weighted by molar-refractivity contribution is 5.99. The van der Waals surface area contributed by atoms with Gasteiger partial charge in [0.05, 0.1) is 5.56 Å². The highest BCUT2D eigenvalue weighted by atomic mass is 35.5. The Labute approximate surface area is 119 Å². The van der Waals surface area contributed by atoms with E-state index in [4.69, 9.17) is 16.2 Å². The van der Waals surface area contributed by atoms with Gasteiger partial charge in [-0.3, -0.25) is 5.41 Å². The van der Waals surface area contributed by atoms with Gasteiger partial charge in [-0.2, -0.15) is 0 Å². The van der Waals surface area contributed by atoms with Crippen LogP contribution in [0.3, 0.4) is 0 Å². The molecule has 1 atom stereocenters. The summed E-state index contributed by atoms with van der Waals surface area (Å²) in [7, 11) is 0. The molecule has 0 aliphatic carbocycles. The van der Waals surface area contributed by atoms with E-state index in [1.54, 1.807) is 12.3 Å². The highest BCUT2D eigenvalue weighted by Gasteiger charge is 2.25. The molecule has 106 valence electrons. The monoisotopic (exact) mass is 284 g/mol. The third kappa shape index (κ3) is 3.58. The van der Waals surface area contributed by atoms with E-state index in [2.05, 4.69) is 9.88 Å². The summed E-state index contributed by atoms with van der Waals surface area (Å²) >= 11 is 0. The predicted octanol–water partition coefficient (Wildman–Crippen LogP) is 1.53. The van der Waals surface area contributed by atoms with Crippen molar-refractivity contribution in [1.29, 1.82) is 5.41 Å². The summed E-state index contributed by atoms with van der Waals surface area (Å²) in [4.78, 5) is 6.57. The van der Waals surface area contributed by atoms with Crippen molar-refractivity contribution >= 4 is 24.1 Å². The van der Waals surface area contributed by atoms with Crippen molar-refractivity contribution < 1.29 is 5.11 Å². The van der Waals surface area contributed by atoms with Gasteiger partial charge < -0.3 is 15.7 Å². The predicted molar refractivity (Wildman–Crippen MR) is 79.2 cm³/mol. The van der Waals surface area contributed by atoms with Gasteiger partial charge >= 0.3 is 0 Å². The zero-order valence-corrected chi connectivity index (χ0v) is 11.7. The van der Waals surface area contributed by atoms with Gasteiger partial charge in [0.2, 0.25) is 0 Å². The maximum atomic E-state index is 9.15. The molecule has 1 aromatic rings. The SMILES string of the molecule is Cl.N=C(N)c1cccnc1N1CCCCC1CCO. The molecule has 0 saturated carbocycles. The molecule has 1 saturated heterocycles. The summed E-state index contributed by atoms with van der Waals surface area (Å²) in [5.74, 6) is 0.828. The molecule has 5 nitrogen and oxygen atoms in total. The average molecular weight is 285 g/mol. The first-order chi connectivity index (χ1) is 8.74. The number of hydrogen-bond donors (Lipinski definition) is 3. The topological polar surface area (TPSA) is 86.2 Å². The molecule has 0 bridgehead atoms. The second-order valence-electron chi connectivity index (χ2n) is 4.64. The maximum Gasteiger partial charge on any atom is 0.139 e. The van der Waals surface area contributed by atoms with Crippen molar-refractivity contribution in [1.82, 2.24) is 4.98 Å². The van der Waals surface area contributed by atoms with Crippen molar-refractivity contribution in [2.75, 3.05) is 18.1 Å². The normalized spacial score (nSPS) is 18.8. The molecule has 2 rings (SSSR count). The lowest BCUT2D eigenvalue weighted by Crippen LogP contribution is -2.41. The zero-order chi connectivity index (χ0) is 13.0. The second-order valence-corrected chi connectivity index (χ2v) is 4.64. The van der Waals surface area contributed by atoms with Gasteiger partial charge in [0, 0.05) is 25.4 Å². The minimum Gasteiger partial charge on any atom is -0.396 e. The molecular weight excluding hydrogens is 264 g/mol. The van der Waals surface area contributed by atoms with E-state index in [1.807, 2.05) is 6.07 Å². The summed E-state index contributed by atoms with van der Waals surface area (Å²) in [5, 5.41) is 16.8. The van der Waals surface area contributed by atoms with E-state index in [1.165, 1.54) is 6.42 Å². The number of amidine groups is 1. The van der Waals surface area contributed by atoms with E-state index in [-0.39, 0.29) is 24.8 Å². The molecule has 1 aliphatic heterocycles. The Morgan fingerprint density at radius 3 is 3.00 bits per heavy atom. The van der Waals surface area contributed by atoms with Crippen molar-refractivity contribution in [3.05, 3.63) is 23.9 Å². The molecule has 1 aromatic heterocycles. The molecule has 2 heterocycles. The van der Waals surface area contributed by atoms with Crippen LogP contribution >= 0.6 is 12.4 Å². The lowest BCUT2D eigenvalue weighted by Gasteiger charge is -2.37. The Hall–Kier alpha value is -1.33. The number of nitrogens with two attached hydrogens (primary N) is 1. The number of anilines is 1. The van der Waals surface area contributed by atoms with Crippen LogP contribution < -0.4 is 10.6 Å². The molecular formula is C13H21ClN4O. The summed E-state index contributed by atoms with van der Waals surface area (Å²) in [6.07, 6.45) is 5.84. The number of nitrogen functional groups attached to an aromatic ring is 1. The van der Waals surface area contributed by atoms with E-state index >= 15 is 0 Å². The van der Waals surface area contributed by atoms with E-state index < -0.39 is 0 Å². The first kappa shape index (κ1) is 15.7. The van der Waals surface area contributed by atoms with Crippen molar-refractivity contribution in [3.8, 4) is 0 Å². The first-order valence-corrected chi connectivity index (χ1v) is 6.41. The Morgan fingerprint density at radius 2 is 2.32 bits per heavy atom. The lowest BCUT2D eigenvalue weighted by atomic mass is 9.99. The third-order valence-electron chi connectivity index (χ3n) is 3.44. The fraction of sp³-hybridized carbons (Fsp3) is 0.538. The molecule has 0 amide bonds. The Kier molecular flexibility index (Phi) is 6.05. The number of hydrogen-bond acceptors (Lipinski definition) is 4. The van der Waals surface area contributed by atoms with Crippen LogP contribution in [0.5, 0.6) is 0 Å². The van der Waals surface area contributed by atoms with Gasteiger partial charge in [-0.05, 0) is 37.8 Å². The Bertz CT molecular complexity index is 425.